The zero-order valence-electron chi connectivity index (χ0n) is 13.8. The maximum absolute atomic E-state index is 2.65. The Morgan fingerprint density at radius 1 is 0.909 bits per heavy atom. The van der Waals surface area contributed by atoms with Crippen molar-refractivity contribution in [2.75, 3.05) is 19.6 Å². The molecule has 0 N–H and O–H groups in total. The van der Waals surface area contributed by atoms with Crippen LogP contribution in [-0.4, -0.2) is 24.5 Å². The molecule has 0 radical (unpaired) electrons. The quantitative estimate of drug-likeness (QED) is 0.765. The molecule has 1 heteroatoms. The Bertz CT molecular complexity index is 521. The number of likely N-dealkylation sites (tertiary alicyclic amines) is 1. The van der Waals surface area contributed by atoms with Crippen LogP contribution in [0.15, 0.2) is 60.7 Å². The van der Waals surface area contributed by atoms with Crippen molar-refractivity contribution in [3.8, 4) is 0 Å². The second-order valence-electron chi connectivity index (χ2n) is 7.00. The van der Waals surface area contributed by atoms with Gasteiger partial charge in [-0.1, -0.05) is 74.5 Å². The minimum absolute atomic E-state index is 0.527. The number of benzene rings is 2. The first-order chi connectivity index (χ1) is 10.7. The van der Waals surface area contributed by atoms with Gasteiger partial charge in [-0.05, 0) is 35.9 Å². The molecule has 22 heavy (non-hydrogen) atoms. The largest absolute Gasteiger partial charge is 0.303 e. The van der Waals surface area contributed by atoms with E-state index < -0.39 is 0 Å². The highest BCUT2D eigenvalue weighted by molar-refractivity contribution is 5.33. The van der Waals surface area contributed by atoms with E-state index in [0.717, 1.165) is 11.8 Å². The third-order valence-electron chi connectivity index (χ3n) is 4.72. The Morgan fingerprint density at radius 3 is 1.95 bits per heavy atom. The highest BCUT2D eigenvalue weighted by Gasteiger charge is 2.31. The fourth-order valence-corrected chi connectivity index (χ4v) is 3.87. The molecular weight excluding hydrogens is 266 g/mol. The zero-order chi connectivity index (χ0) is 15.4. The fourth-order valence-electron chi connectivity index (χ4n) is 3.87. The van der Waals surface area contributed by atoms with Gasteiger partial charge in [-0.2, -0.15) is 0 Å². The zero-order valence-corrected chi connectivity index (χ0v) is 13.8. The predicted octanol–water partition coefficient (Wildman–Crippen LogP) is 4.80. The van der Waals surface area contributed by atoms with Crippen molar-refractivity contribution in [3.05, 3.63) is 71.8 Å². The lowest BCUT2D eigenvalue weighted by Crippen LogP contribution is -2.26. The van der Waals surface area contributed by atoms with Crippen LogP contribution in [0.4, 0.5) is 0 Å². The second-order valence-corrected chi connectivity index (χ2v) is 7.00. The van der Waals surface area contributed by atoms with Gasteiger partial charge in [0.25, 0.3) is 0 Å². The summed E-state index contributed by atoms with van der Waals surface area (Å²) in [6.45, 7) is 8.34. The summed E-state index contributed by atoms with van der Waals surface area (Å²) in [5.41, 5.74) is 2.93. The van der Waals surface area contributed by atoms with Crippen LogP contribution >= 0.6 is 0 Å². The van der Waals surface area contributed by atoms with E-state index in [0.29, 0.717) is 5.92 Å². The van der Waals surface area contributed by atoms with Gasteiger partial charge in [0.1, 0.15) is 0 Å². The van der Waals surface area contributed by atoms with Crippen LogP contribution in [0.5, 0.6) is 0 Å². The van der Waals surface area contributed by atoms with Gasteiger partial charge >= 0.3 is 0 Å². The second kappa shape index (κ2) is 7.11. The molecule has 116 valence electrons. The van der Waals surface area contributed by atoms with E-state index in [1.807, 2.05) is 0 Å². The van der Waals surface area contributed by atoms with E-state index in [9.17, 15) is 0 Å². The first-order valence-electron chi connectivity index (χ1n) is 8.56. The van der Waals surface area contributed by atoms with Gasteiger partial charge in [0.2, 0.25) is 0 Å². The SMILES string of the molecule is CC(C)CN1CC[C@H](C(c2ccccc2)c2ccccc2)C1. The minimum atomic E-state index is 0.527. The first-order valence-corrected chi connectivity index (χ1v) is 8.56. The van der Waals surface area contributed by atoms with E-state index in [-0.39, 0.29) is 0 Å². The summed E-state index contributed by atoms with van der Waals surface area (Å²) in [7, 11) is 0. The molecule has 0 unspecified atom stereocenters. The van der Waals surface area contributed by atoms with Crippen LogP contribution in [0.3, 0.4) is 0 Å². The van der Waals surface area contributed by atoms with Gasteiger partial charge in [0.15, 0.2) is 0 Å². The first kappa shape index (κ1) is 15.3. The Labute approximate surface area is 135 Å². The molecular formula is C21H27N. The van der Waals surface area contributed by atoms with Gasteiger partial charge in [-0.25, -0.2) is 0 Å². The fraction of sp³-hybridized carbons (Fsp3) is 0.429. The van der Waals surface area contributed by atoms with Crippen molar-refractivity contribution in [2.45, 2.75) is 26.2 Å². The molecule has 2 aromatic carbocycles. The molecule has 1 aliphatic heterocycles. The summed E-state index contributed by atoms with van der Waals surface area (Å²) >= 11 is 0. The van der Waals surface area contributed by atoms with Crippen molar-refractivity contribution < 1.29 is 0 Å². The lowest BCUT2D eigenvalue weighted by atomic mass is 9.80. The molecule has 0 aliphatic carbocycles. The van der Waals surface area contributed by atoms with Gasteiger partial charge in [-0.3, -0.25) is 0 Å². The summed E-state index contributed by atoms with van der Waals surface area (Å²) in [6, 6.07) is 22.1. The predicted molar refractivity (Wildman–Crippen MR) is 94.1 cm³/mol. The Hall–Kier alpha value is -1.60. The van der Waals surface area contributed by atoms with Crippen LogP contribution < -0.4 is 0 Å². The summed E-state index contributed by atoms with van der Waals surface area (Å²) in [6.07, 6.45) is 1.31. The number of hydrogen-bond donors (Lipinski definition) is 0. The van der Waals surface area contributed by atoms with Crippen molar-refractivity contribution in [1.29, 1.82) is 0 Å². The molecule has 3 rings (SSSR count). The molecule has 0 bridgehead atoms. The maximum Gasteiger partial charge on any atom is 0.0130 e. The molecule has 0 amide bonds. The van der Waals surface area contributed by atoms with Gasteiger partial charge in [0, 0.05) is 19.0 Å². The van der Waals surface area contributed by atoms with E-state index in [2.05, 4.69) is 79.4 Å². The molecule has 0 spiro atoms. The molecule has 1 heterocycles. The van der Waals surface area contributed by atoms with Gasteiger partial charge in [-0.15, -0.1) is 0 Å². The summed E-state index contributed by atoms with van der Waals surface area (Å²) in [4.78, 5) is 2.65. The molecule has 1 saturated heterocycles. The summed E-state index contributed by atoms with van der Waals surface area (Å²) in [5.74, 6) is 2.01. The Morgan fingerprint density at radius 2 is 1.45 bits per heavy atom. The maximum atomic E-state index is 2.65. The lowest BCUT2D eigenvalue weighted by Gasteiger charge is -2.26. The average Bonchev–Trinajstić information content (AvgIpc) is 2.97. The smallest absolute Gasteiger partial charge is 0.0130 e. The van der Waals surface area contributed by atoms with Crippen molar-refractivity contribution >= 4 is 0 Å². The number of nitrogens with zero attached hydrogens (tertiary/aromatic N) is 1. The Kier molecular flexibility index (Phi) is 4.94. The average molecular weight is 293 g/mol. The summed E-state index contributed by atoms with van der Waals surface area (Å²) in [5, 5.41) is 0. The molecule has 0 aromatic heterocycles. The Balaban J connectivity index is 1.84. The lowest BCUT2D eigenvalue weighted by molar-refractivity contribution is 0.283. The van der Waals surface area contributed by atoms with Gasteiger partial charge < -0.3 is 4.90 Å². The molecule has 0 saturated carbocycles. The van der Waals surface area contributed by atoms with Crippen molar-refractivity contribution in [3.63, 3.8) is 0 Å². The van der Waals surface area contributed by atoms with Crippen LogP contribution in [0, 0.1) is 11.8 Å². The molecule has 1 fully saturated rings. The van der Waals surface area contributed by atoms with Crippen LogP contribution in [0.2, 0.25) is 0 Å². The van der Waals surface area contributed by atoms with Crippen LogP contribution in [-0.2, 0) is 0 Å². The number of rotatable bonds is 5. The third-order valence-corrected chi connectivity index (χ3v) is 4.72. The van der Waals surface area contributed by atoms with E-state index in [4.69, 9.17) is 0 Å². The van der Waals surface area contributed by atoms with E-state index in [1.54, 1.807) is 0 Å². The molecule has 1 nitrogen and oxygen atoms in total. The highest BCUT2D eigenvalue weighted by atomic mass is 15.1. The topological polar surface area (TPSA) is 3.24 Å². The van der Waals surface area contributed by atoms with Crippen molar-refractivity contribution in [2.24, 2.45) is 11.8 Å². The highest BCUT2D eigenvalue weighted by Crippen LogP contribution is 2.37. The van der Waals surface area contributed by atoms with E-state index >= 15 is 0 Å². The number of hydrogen-bond acceptors (Lipinski definition) is 1. The molecule has 1 atom stereocenters. The standard InChI is InChI=1S/C21H27N/c1-17(2)15-22-14-13-20(16-22)21(18-9-5-3-6-10-18)19-11-7-4-8-12-19/h3-12,17,20-21H,13-16H2,1-2H3/t20-/m0/s1. The van der Waals surface area contributed by atoms with Gasteiger partial charge in [0.05, 0.1) is 0 Å². The molecule has 2 aromatic rings. The minimum Gasteiger partial charge on any atom is -0.303 e. The monoisotopic (exact) mass is 293 g/mol. The van der Waals surface area contributed by atoms with Crippen molar-refractivity contribution in [1.82, 2.24) is 4.90 Å². The summed E-state index contributed by atoms with van der Waals surface area (Å²) < 4.78 is 0. The van der Waals surface area contributed by atoms with E-state index in [1.165, 1.54) is 37.2 Å². The van der Waals surface area contributed by atoms with Crippen LogP contribution in [0.25, 0.3) is 0 Å². The molecule has 1 aliphatic rings. The normalized spacial score (nSPS) is 19.2. The van der Waals surface area contributed by atoms with Crippen LogP contribution in [0.1, 0.15) is 37.3 Å². The third kappa shape index (κ3) is 3.59.